The van der Waals surface area contributed by atoms with E-state index in [1.807, 2.05) is 12.1 Å². The van der Waals surface area contributed by atoms with Gasteiger partial charge in [-0.2, -0.15) is 0 Å². The third-order valence-electron chi connectivity index (χ3n) is 3.52. The first kappa shape index (κ1) is 14.3. The number of carbonyl (C=O) groups is 2. The highest BCUT2D eigenvalue weighted by atomic mass is 16.4. The van der Waals surface area contributed by atoms with Gasteiger partial charge in [-0.05, 0) is 30.0 Å². The van der Waals surface area contributed by atoms with Gasteiger partial charge in [-0.1, -0.05) is 0 Å². The Kier molecular flexibility index (Phi) is 4.55. The summed E-state index contributed by atoms with van der Waals surface area (Å²) in [5.74, 6) is -0.722. The molecule has 0 saturated carbocycles. The van der Waals surface area contributed by atoms with Crippen molar-refractivity contribution in [2.24, 2.45) is 5.92 Å². The molecule has 2 heterocycles. The van der Waals surface area contributed by atoms with E-state index < -0.39 is 5.97 Å². The van der Waals surface area contributed by atoms with Crippen LogP contribution in [0.3, 0.4) is 0 Å². The van der Waals surface area contributed by atoms with E-state index in [1.165, 1.54) is 0 Å². The number of aromatic nitrogens is 1. The molecule has 1 aromatic heterocycles. The molecule has 1 N–H and O–H groups in total. The van der Waals surface area contributed by atoms with Crippen molar-refractivity contribution in [3.05, 3.63) is 30.1 Å². The number of likely N-dealkylation sites (tertiary alicyclic amines) is 1. The van der Waals surface area contributed by atoms with Gasteiger partial charge in [0.1, 0.15) is 0 Å². The second-order valence-corrected chi connectivity index (χ2v) is 5.19. The van der Waals surface area contributed by atoms with E-state index in [-0.39, 0.29) is 18.4 Å². The molecule has 0 aliphatic carbocycles. The first-order chi connectivity index (χ1) is 9.56. The van der Waals surface area contributed by atoms with Crippen LogP contribution in [0.1, 0.15) is 18.4 Å². The lowest BCUT2D eigenvalue weighted by atomic mass is 10.1. The van der Waals surface area contributed by atoms with Crippen LogP contribution >= 0.6 is 0 Å². The van der Waals surface area contributed by atoms with Crippen LogP contribution in [0.25, 0.3) is 0 Å². The Morgan fingerprint density at radius 3 is 2.80 bits per heavy atom. The van der Waals surface area contributed by atoms with Gasteiger partial charge in [0.25, 0.3) is 0 Å². The first-order valence-electron chi connectivity index (χ1n) is 6.67. The van der Waals surface area contributed by atoms with Gasteiger partial charge >= 0.3 is 12.0 Å². The molecule has 20 heavy (non-hydrogen) atoms. The number of carbonyl (C=O) groups excluding carboxylic acids is 1. The average molecular weight is 277 g/mol. The van der Waals surface area contributed by atoms with Crippen molar-refractivity contribution in [3.63, 3.8) is 0 Å². The minimum Gasteiger partial charge on any atom is -0.481 e. The quantitative estimate of drug-likeness (QED) is 0.903. The largest absolute Gasteiger partial charge is 0.481 e. The van der Waals surface area contributed by atoms with E-state index in [1.54, 1.807) is 29.2 Å². The maximum atomic E-state index is 12.3. The van der Waals surface area contributed by atoms with Gasteiger partial charge in [0.15, 0.2) is 0 Å². The number of hydrogen-bond acceptors (Lipinski definition) is 3. The molecule has 1 aliphatic heterocycles. The third kappa shape index (κ3) is 3.69. The number of amides is 2. The van der Waals surface area contributed by atoms with Crippen LogP contribution in [0.4, 0.5) is 4.79 Å². The molecule has 6 heteroatoms. The SMILES string of the molecule is CN(Cc1ccncc1)C(=O)N1CCC(CC(=O)O)C1. The zero-order chi connectivity index (χ0) is 14.5. The Bertz CT molecular complexity index is 478. The van der Waals surface area contributed by atoms with Crippen molar-refractivity contribution < 1.29 is 14.7 Å². The third-order valence-corrected chi connectivity index (χ3v) is 3.52. The van der Waals surface area contributed by atoms with Gasteiger partial charge in [0.05, 0.1) is 0 Å². The fourth-order valence-corrected chi connectivity index (χ4v) is 2.49. The molecule has 108 valence electrons. The Morgan fingerprint density at radius 1 is 1.45 bits per heavy atom. The molecule has 0 radical (unpaired) electrons. The molecule has 1 atom stereocenters. The summed E-state index contributed by atoms with van der Waals surface area (Å²) in [6.45, 7) is 1.70. The Balaban J connectivity index is 1.87. The monoisotopic (exact) mass is 277 g/mol. The lowest BCUT2D eigenvalue weighted by Crippen LogP contribution is -2.39. The molecule has 1 aliphatic rings. The molecule has 1 saturated heterocycles. The second kappa shape index (κ2) is 6.36. The Hall–Kier alpha value is -2.11. The maximum absolute atomic E-state index is 12.3. The van der Waals surface area contributed by atoms with Crippen molar-refractivity contribution in [1.82, 2.24) is 14.8 Å². The molecule has 2 rings (SSSR count). The summed E-state index contributed by atoms with van der Waals surface area (Å²) in [7, 11) is 1.76. The van der Waals surface area contributed by atoms with Crippen LogP contribution in [0, 0.1) is 5.92 Å². The van der Waals surface area contributed by atoms with Crippen LogP contribution in [0.5, 0.6) is 0 Å². The van der Waals surface area contributed by atoms with E-state index in [2.05, 4.69) is 4.98 Å². The summed E-state index contributed by atoms with van der Waals surface area (Å²) in [6.07, 6.45) is 4.30. The van der Waals surface area contributed by atoms with E-state index in [0.717, 1.165) is 12.0 Å². The fourth-order valence-electron chi connectivity index (χ4n) is 2.49. The zero-order valence-electron chi connectivity index (χ0n) is 11.5. The summed E-state index contributed by atoms with van der Waals surface area (Å²) < 4.78 is 0. The number of urea groups is 1. The van der Waals surface area contributed by atoms with E-state index in [4.69, 9.17) is 5.11 Å². The molecule has 1 aromatic rings. The molecule has 0 spiro atoms. The van der Waals surface area contributed by atoms with Gasteiger partial charge in [0.2, 0.25) is 0 Å². The minimum absolute atomic E-state index is 0.0466. The molecule has 6 nitrogen and oxygen atoms in total. The Labute approximate surface area is 118 Å². The van der Waals surface area contributed by atoms with Crippen molar-refractivity contribution in [3.8, 4) is 0 Å². The molecule has 2 amide bonds. The van der Waals surface area contributed by atoms with E-state index in [0.29, 0.717) is 19.6 Å². The summed E-state index contributed by atoms with van der Waals surface area (Å²) in [5, 5.41) is 8.78. The van der Waals surface area contributed by atoms with Crippen molar-refractivity contribution in [2.45, 2.75) is 19.4 Å². The van der Waals surface area contributed by atoms with Gasteiger partial charge in [0, 0.05) is 45.5 Å². The normalized spacial score (nSPS) is 18.1. The smallest absolute Gasteiger partial charge is 0.320 e. The lowest BCUT2D eigenvalue weighted by molar-refractivity contribution is -0.138. The first-order valence-corrected chi connectivity index (χ1v) is 6.67. The summed E-state index contributed by atoms with van der Waals surface area (Å²) >= 11 is 0. The number of carboxylic acids is 1. The number of aliphatic carboxylic acids is 1. The Morgan fingerprint density at radius 2 is 2.15 bits per heavy atom. The lowest BCUT2D eigenvalue weighted by Gasteiger charge is -2.24. The molecule has 1 unspecified atom stereocenters. The molecular weight excluding hydrogens is 258 g/mol. The van der Waals surface area contributed by atoms with Crippen LogP contribution in [-0.4, -0.2) is 52.0 Å². The highest BCUT2D eigenvalue weighted by Gasteiger charge is 2.29. The fraction of sp³-hybridized carbons (Fsp3) is 0.500. The summed E-state index contributed by atoms with van der Waals surface area (Å²) in [4.78, 5) is 30.3. The minimum atomic E-state index is -0.797. The predicted octanol–water partition coefficient (Wildman–Crippen LogP) is 1.43. The van der Waals surface area contributed by atoms with E-state index in [9.17, 15) is 9.59 Å². The van der Waals surface area contributed by atoms with Crippen LogP contribution in [0.2, 0.25) is 0 Å². The topological polar surface area (TPSA) is 73.7 Å². The number of carboxylic acid groups (broad SMARTS) is 1. The van der Waals surface area contributed by atoms with Crippen molar-refractivity contribution in [2.75, 3.05) is 20.1 Å². The van der Waals surface area contributed by atoms with Gasteiger partial charge in [-0.3, -0.25) is 9.78 Å². The maximum Gasteiger partial charge on any atom is 0.320 e. The predicted molar refractivity (Wildman–Crippen MR) is 73.0 cm³/mol. The highest BCUT2D eigenvalue weighted by Crippen LogP contribution is 2.20. The van der Waals surface area contributed by atoms with Gasteiger partial charge in [-0.15, -0.1) is 0 Å². The highest BCUT2D eigenvalue weighted by molar-refractivity contribution is 5.74. The number of hydrogen-bond donors (Lipinski definition) is 1. The number of nitrogens with zero attached hydrogens (tertiary/aromatic N) is 3. The van der Waals surface area contributed by atoms with E-state index >= 15 is 0 Å². The van der Waals surface area contributed by atoms with Crippen LogP contribution in [-0.2, 0) is 11.3 Å². The van der Waals surface area contributed by atoms with Gasteiger partial charge in [-0.25, -0.2) is 4.79 Å². The summed E-state index contributed by atoms with van der Waals surface area (Å²) in [5.41, 5.74) is 1.03. The molecule has 0 aromatic carbocycles. The number of pyridine rings is 1. The molecular formula is C14H19N3O3. The summed E-state index contributed by atoms with van der Waals surface area (Å²) in [6, 6.07) is 3.71. The van der Waals surface area contributed by atoms with Crippen LogP contribution in [0.15, 0.2) is 24.5 Å². The zero-order valence-corrected chi connectivity index (χ0v) is 11.5. The van der Waals surface area contributed by atoms with Crippen LogP contribution < -0.4 is 0 Å². The molecule has 1 fully saturated rings. The number of rotatable bonds is 4. The van der Waals surface area contributed by atoms with Crippen molar-refractivity contribution >= 4 is 12.0 Å². The second-order valence-electron chi connectivity index (χ2n) is 5.19. The van der Waals surface area contributed by atoms with Crippen molar-refractivity contribution in [1.29, 1.82) is 0 Å². The van der Waals surface area contributed by atoms with Gasteiger partial charge < -0.3 is 14.9 Å². The molecule has 0 bridgehead atoms. The standard InChI is InChI=1S/C14H19N3O3/c1-16(9-11-2-5-15-6-3-11)14(20)17-7-4-12(10-17)8-13(18)19/h2-3,5-6,12H,4,7-10H2,1H3,(H,18,19). The average Bonchev–Trinajstić information content (AvgIpc) is 2.86.